The van der Waals surface area contributed by atoms with E-state index in [9.17, 15) is 4.79 Å². The number of carbonyl (C=O) groups is 1. The van der Waals surface area contributed by atoms with Gasteiger partial charge in [0.05, 0.1) is 18.8 Å². The molecule has 1 aromatic heterocycles. The largest absolute Gasteiger partial charge is 0.349 e. The van der Waals surface area contributed by atoms with Crippen molar-refractivity contribution in [1.82, 2.24) is 20.8 Å². The van der Waals surface area contributed by atoms with Crippen LogP contribution in [0, 0.1) is 0 Å². The molecular formula is C11H18N4O. The van der Waals surface area contributed by atoms with Crippen molar-refractivity contribution < 1.29 is 4.79 Å². The van der Waals surface area contributed by atoms with Crippen LogP contribution >= 0.6 is 0 Å². The Balaban J connectivity index is 2.26. The van der Waals surface area contributed by atoms with Crippen LogP contribution in [-0.2, 0) is 11.3 Å². The van der Waals surface area contributed by atoms with Gasteiger partial charge in [-0.05, 0) is 32.9 Å². The molecule has 0 spiro atoms. The van der Waals surface area contributed by atoms with E-state index in [1.54, 1.807) is 12.3 Å². The molecule has 0 saturated carbocycles. The van der Waals surface area contributed by atoms with Gasteiger partial charge >= 0.3 is 0 Å². The lowest BCUT2D eigenvalue weighted by Gasteiger charge is -2.19. The lowest BCUT2D eigenvalue weighted by Crippen LogP contribution is -2.43. The molecule has 88 valence electrons. The minimum Gasteiger partial charge on any atom is -0.349 e. The van der Waals surface area contributed by atoms with Crippen LogP contribution in [0.3, 0.4) is 0 Å². The minimum atomic E-state index is -0.0517. The average molecular weight is 222 g/mol. The molecule has 0 aromatic carbocycles. The third kappa shape index (κ3) is 5.41. The third-order valence-electron chi connectivity index (χ3n) is 1.87. The average Bonchev–Trinajstić information content (AvgIpc) is 2.24. The molecule has 0 radical (unpaired) electrons. The Morgan fingerprint density at radius 2 is 2.19 bits per heavy atom. The molecule has 0 aliphatic rings. The summed E-state index contributed by atoms with van der Waals surface area (Å²) in [7, 11) is 0. The first-order valence-corrected chi connectivity index (χ1v) is 5.26. The SMILES string of the molecule is CC(C)(C)NCC(=O)NCc1cccnn1. The van der Waals surface area contributed by atoms with Crippen molar-refractivity contribution in [2.45, 2.75) is 32.9 Å². The molecule has 0 bridgehead atoms. The first kappa shape index (κ1) is 12.6. The number of aromatic nitrogens is 2. The van der Waals surface area contributed by atoms with Crippen molar-refractivity contribution in [1.29, 1.82) is 0 Å². The van der Waals surface area contributed by atoms with Crippen LogP contribution in [0.1, 0.15) is 26.5 Å². The number of carbonyl (C=O) groups excluding carboxylic acids is 1. The zero-order chi connectivity index (χ0) is 12.0. The molecular weight excluding hydrogens is 204 g/mol. The Morgan fingerprint density at radius 1 is 1.44 bits per heavy atom. The predicted molar refractivity (Wildman–Crippen MR) is 61.6 cm³/mol. The standard InChI is InChI=1S/C11H18N4O/c1-11(2,3)13-8-10(16)12-7-9-5-4-6-14-15-9/h4-6,13H,7-8H2,1-3H3,(H,12,16). The van der Waals surface area contributed by atoms with E-state index in [0.29, 0.717) is 13.1 Å². The molecule has 5 heteroatoms. The number of nitrogens with zero attached hydrogens (tertiary/aromatic N) is 2. The van der Waals surface area contributed by atoms with E-state index in [4.69, 9.17) is 0 Å². The smallest absolute Gasteiger partial charge is 0.234 e. The Kier molecular flexibility index (Phi) is 4.37. The van der Waals surface area contributed by atoms with Crippen LogP contribution in [0.15, 0.2) is 18.3 Å². The maximum atomic E-state index is 11.4. The van der Waals surface area contributed by atoms with E-state index in [1.807, 2.05) is 26.8 Å². The van der Waals surface area contributed by atoms with Gasteiger partial charge in [0.15, 0.2) is 0 Å². The highest BCUT2D eigenvalue weighted by Gasteiger charge is 2.10. The third-order valence-corrected chi connectivity index (χ3v) is 1.87. The second kappa shape index (κ2) is 5.55. The van der Waals surface area contributed by atoms with Crippen LogP contribution in [0.5, 0.6) is 0 Å². The first-order chi connectivity index (χ1) is 7.47. The Labute approximate surface area is 95.7 Å². The summed E-state index contributed by atoms with van der Waals surface area (Å²) in [6.45, 7) is 6.77. The summed E-state index contributed by atoms with van der Waals surface area (Å²) in [6.07, 6.45) is 1.60. The number of hydrogen-bond donors (Lipinski definition) is 2. The zero-order valence-electron chi connectivity index (χ0n) is 9.95. The van der Waals surface area contributed by atoms with Crippen LogP contribution in [0.4, 0.5) is 0 Å². The molecule has 0 fully saturated rings. The van der Waals surface area contributed by atoms with Gasteiger partial charge in [-0.15, -0.1) is 0 Å². The fourth-order valence-corrected chi connectivity index (χ4v) is 1.02. The van der Waals surface area contributed by atoms with Crippen molar-refractivity contribution in [3.63, 3.8) is 0 Å². The van der Waals surface area contributed by atoms with Crippen LogP contribution < -0.4 is 10.6 Å². The van der Waals surface area contributed by atoms with Crippen molar-refractivity contribution in [3.05, 3.63) is 24.0 Å². The zero-order valence-corrected chi connectivity index (χ0v) is 9.95. The van der Waals surface area contributed by atoms with Crippen molar-refractivity contribution in [2.75, 3.05) is 6.54 Å². The summed E-state index contributed by atoms with van der Waals surface area (Å²) in [6, 6.07) is 3.62. The van der Waals surface area contributed by atoms with Gasteiger partial charge in [-0.2, -0.15) is 10.2 Å². The van der Waals surface area contributed by atoms with Gasteiger partial charge < -0.3 is 10.6 Å². The van der Waals surface area contributed by atoms with E-state index in [2.05, 4.69) is 20.8 Å². The molecule has 0 unspecified atom stereocenters. The second-order valence-corrected chi connectivity index (χ2v) is 4.60. The van der Waals surface area contributed by atoms with Crippen molar-refractivity contribution in [2.24, 2.45) is 0 Å². The van der Waals surface area contributed by atoms with Gasteiger partial charge in [-0.25, -0.2) is 0 Å². The normalized spacial score (nSPS) is 11.2. The molecule has 0 aliphatic carbocycles. The molecule has 0 saturated heterocycles. The van der Waals surface area contributed by atoms with Gasteiger partial charge in [0, 0.05) is 11.7 Å². The Morgan fingerprint density at radius 3 is 2.75 bits per heavy atom. The van der Waals surface area contributed by atoms with Crippen molar-refractivity contribution in [3.8, 4) is 0 Å². The van der Waals surface area contributed by atoms with E-state index < -0.39 is 0 Å². The maximum Gasteiger partial charge on any atom is 0.234 e. The topological polar surface area (TPSA) is 66.9 Å². The van der Waals surface area contributed by atoms with Gasteiger partial charge in [0.1, 0.15) is 0 Å². The van der Waals surface area contributed by atoms with E-state index in [-0.39, 0.29) is 11.4 Å². The second-order valence-electron chi connectivity index (χ2n) is 4.60. The fraction of sp³-hybridized carbons (Fsp3) is 0.545. The lowest BCUT2D eigenvalue weighted by atomic mass is 10.1. The highest BCUT2D eigenvalue weighted by atomic mass is 16.1. The van der Waals surface area contributed by atoms with Gasteiger partial charge in [0.2, 0.25) is 5.91 Å². The number of nitrogens with one attached hydrogen (secondary N) is 2. The Bertz CT molecular complexity index is 332. The van der Waals surface area contributed by atoms with Gasteiger partial charge in [-0.1, -0.05) is 0 Å². The fourth-order valence-electron chi connectivity index (χ4n) is 1.02. The van der Waals surface area contributed by atoms with E-state index >= 15 is 0 Å². The van der Waals surface area contributed by atoms with Gasteiger partial charge in [0.25, 0.3) is 0 Å². The lowest BCUT2D eigenvalue weighted by molar-refractivity contribution is -0.120. The van der Waals surface area contributed by atoms with Gasteiger partial charge in [-0.3, -0.25) is 4.79 Å². The summed E-state index contributed by atoms with van der Waals surface area (Å²) < 4.78 is 0. The molecule has 2 N–H and O–H groups in total. The summed E-state index contributed by atoms with van der Waals surface area (Å²) in [5.74, 6) is -0.0411. The molecule has 1 rings (SSSR count). The maximum absolute atomic E-state index is 11.4. The van der Waals surface area contributed by atoms with Crippen LogP contribution in [-0.4, -0.2) is 28.2 Å². The number of hydrogen-bond acceptors (Lipinski definition) is 4. The number of amides is 1. The summed E-state index contributed by atoms with van der Waals surface area (Å²) >= 11 is 0. The molecule has 1 amide bonds. The molecule has 5 nitrogen and oxygen atoms in total. The monoisotopic (exact) mass is 222 g/mol. The number of rotatable bonds is 4. The molecule has 16 heavy (non-hydrogen) atoms. The molecule has 0 atom stereocenters. The summed E-state index contributed by atoms with van der Waals surface area (Å²) in [4.78, 5) is 11.4. The van der Waals surface area contributed by atoms with Crippen molar-refractivity contribution >= 4 is 5.91 Å². The van der Waals surface area contributed by atoms with Crippen LogP contribution in [0.25, 0.3) is 0 Å². The predicted octanol–water partition coefficient (Wildman–Crippen LogP) is 0.481. The minimum absolute atomic E-state index is 0.0411. The summed E-state index contributed by atoms with van der Waals surface area (Å²) in [5.41, 5.74) is 0.704. The quantitative estimate of drug-likeness (QED) is 0.777. The first-order valence-electron chi connectivity index (χ1n) is 5.26. The molecule has 0 aliphatic heterocycles. The summed E-state index contributed by atoms with van der Waals surface area (Å²) in [5, 5.41) is 13.5. The van der Waals surface area contributed by atoms with E-state index in [0.717, 1.165) is 5.69 Å². The molecule has 1 heterocycles. The highest BCUT2D eigenvalue weighted by molar-refractivity contribution is 5.77. The molecule has 1 aromatic rings. The van der Waals surface area contributed by atoms with E-state index in [1.165, 1.54) is 0 Å². The Hall–Kier alpha value is -1.49. The highest BCUT2D eigenvalue weighted by Crippen LogP contribution is 1.96. The van der Waals surface area contributed by atoms with Crippen LogP contribution in [0.2, 0.25) is 0 Å².